The van der Waals surface area contributed by atoms with Crippen LogP contribution in [0, 0.1) is 0 Å². The van der Waals surface area contributed by atoms with Gasteiger partial charge in [-0.15, -0.1) is 0 Å². The lowest BCUT2D eigenvalue weighted by atomic mass is 10.0. The molecule has 100 valence electrons. The van der Waals surface area contributed by atoms with E-state index in [0.29, 0.717) is 5.89 Å². The second-order valence-electron chi connectivity index (χ2n) is 4.47. The predicted octanol–water partition coefficient (Wildman–Crippen LogP) is 3.05. The molecular weight excluding hydrogens is 257 g/mol. The van der Waals surface area contributed by atoms with Crippen LogP contribution >= 0.6 is 0 Å². The molecule has 0 spiro atoms. The second kappa shape index (κ2) is 4.38. The summed E-state index contributed by atoms with van der Waals surface area (Å²) in [5, 5.41) is 3.06. The number of nitrogens with one attached hydrogen (secondary N) is 1. The van der Waals surface area contributed by atoms with Gasteiger partial charge in [0.05, 0.1) is 11.5 Å². The average Bonchev–Trinajstić information content (AvgIpc) is 2.75. The first-order valence-electron chi connectivity index (χ1n) is 5.88. The molecule has 1 aliphatic heterocycles. The first kappa shape index (κ1) is 12.2. The molecule has 1 aliphatic rings. The van der Waals surface area contributed by atoms with Gasteiger partial charge < -0.3 is 9.73 Å². The number of nitrogens with zero attached hydrogens (tertiary/aromatic N) is 1. The smallest absolute Gasteiger partial charge is 0.417 e. The van der Waals surface area contributed by atoms with Crippen molar-refractivity contribution in [3.63, 3.8) is 0 Å². The number of benzene rings is 1. The van der Waals surface area contributed by atoms with Gasteiger partial charge in [0.25, 0.3) is 0 Å². The number of halogens is 3. The van der Waals surface area contributed by atoms with Crippen LogP contribution in [0.3, 0.4) is 0 Å². The number of rotatable bonds is 2. The van der Waals surface area contributed by atoms with Crippen molar-refractivity contribution in [3.8, 4) is 11.3 Å². The van der Waals surface area contributed by atoms with Crippen LogP contribution in [-0.4, -0.2) is 18.1 Å². The van der Waals surface area contributed by atoms with E-state index in [9.17, 15) is 13.2 Å². The lowest BCUT2D eigenvalue weighted by Gasteiger charge is -2.23. The number of hydrogen-bond donors (Lipinski definition) is 1. The molecule has 19 heavy (non-hydrogen) atoms. The predicted molar refractivity (Wildman–Crippen MR) is 62.6 cm³/mol. The van der Waals surface area contributed by atoms with Gasteiger partial charge in [0.15, 0.2) is 5.89 Å². The Balaban J connectivity index is 1.99. The highest BCUT2D eigenvalue weighted by atomic mass is 19.4. The van der Waals surface area contributed by atoms with E-state index in [1.807, 2.05) is 0 Å². The van der Waals surface area contributed by atoms with Gasteiger partial charge in [-0.1, -0.05) is 18.2 Å². The fourth-order valence-electron chi connectivity index (χ4n) is 2.02. The van der Waals surface area contributed by atoms with Crippen LogP contribution in [0.15, 0.2) is 34.9 Å². The van der Waals surface area contributed by atoms with E-state index in [4.69, 9.17) is 4.42 Å². The van der Waals surface area contributed by atoms with Gasteiger partial charge in [0.2, 0.25) is 0 Å². The van der Waals surface area contributed by atoms with Crippen molar-refractivity contribution >= 4 is 0 Å². The van der Waals surface area contributed by atoms with Gasteiger partial charge in [0, 0.05) is 18.7 Å². The molecule has 2 aromatic rings. The Bertz CT molecular complexity index is 588. The van der Waals surface area contributed by atoms with E-state index in [0.717, 1.165) is 19.2 Å². The van der Waals surface area contributed by atoms with Crippen LogP contribution in [-0.2, 0) is 6.18 Å². The molecule has 0 amide bonds. The third-order valence-electron chi connectivity index (χ3n) is 3.16. The quantitative estimate of drug-likeness (QED) is 0.909. The Morgan fingerprint density at radius 2 is 1.95 bits per heavy atom. The van der Waals surface area contributed by atoms with E-state index in [1.54, 1.807) is 6.07 Å². The SMILES string of the molecule is FC(F)(F)c1ccccc1-c1coc(C2CNC2)n1. The van der Waals surface area contributed by atoms with E-state index in [1.165, 1.54) is 18.4 Å². The molecule has 2 heterocycles. The zero-order valence-electron chi connectivity index (χ0n) is 9.87. The molecule has 1 N–H and O–H groups in total. The molecule has 0 aliphatic carbocycles. The highest BCUT2D eigenvalue weighted by Crippen LogP contribution is 2.37. The Hall–Kier alpha value is -1.82. The Morgan fingerprint density at radius 3 is 2.58 bits per heavy atom. The van der Waals surface area contributed by atoms with Crippen molar-refractivity contribution in [2.75, 3.05) is 13.1 Å². The Kier molecular flexibility index (Phi) is 2.82. The number of hydrogen-bond acceptors (Lipinski definition) is 3. The largest absolute Gasteiger partial charge is 0.448 e. The second-order valence-corrected chi connectivity index (χ2v) is 4.47. The van der Waals surface area contributed by atoms with Crippen LogP contribution in [0.25, 0.3) is 11.3 Å². The van der Waals surface area contributed by atoms with Crippen LogP contribution in [0.1, 0.15) is 17.4 Å². The van der Waals surface area contributed by atoms with E-state index < -0.39 is 11.7 Å². The van der Waals surface area contributed by atoms with Gasteiger partial charge in [-0.05, 0) is 6.07 Å². The highest BCUT2D eigenvalue weighted by molar-refractivity contribution is 5.63. The number of oxazole rings is 1. The number of aromatic nitrogens is 1. The maximum atomic E-state index is 12.9. The zero-order chi connectivity index (χ0) is 13.5. The summed E-state index contributed by atoms with van der Waals surface area (Å²) in [6, 6.07) is 5.38. The fraction of sp³-hybridized carbons (Fsp3) is 0.308. The van der Waals surface area contributed by atoms with E-state index >= 15 is 0 Å². The molecule has 1 saturated heterocycles. The molecule has 6 heteroatoms. The fourth-order valence-corrected chi connectivity index (χ4v) is 2.02. The average molecular weight is 268 g/mol. The van der Waals surface area contributed by atoms with E-state index in [-0.39, 0.29) is 17.2 Å². The van der Waals surface area contributed by atoms with Crippen molar-refractivity contribution in [3.05, 3.63) is 42.0 Å². The molecule has 3 nitrogen and oxygen atoms in total. The van der Waals surface area contributed by atoms with Gasteiger partial charge in [-0.2, -0.15) is 13.2 Å². The standard InChI is InChI=1S/C13H11F3N2O/c14-13(15,16)10-4-2-1-3-9(10)11-7-19-12(18-11)8-5-17-6-8/h1-4,7-8,17H,5-6H2. The van der Waals surface area contributed by atoms with Crippen molar-refractivity contribution in [2.45, 2.75) is 12.1 Å². The molecule has 3 rings (SSSR count). The van der Waals surface area contributed by atoms with Gasteiger partial charge in [-0.3, -0.25) is 0 Å². The highest BCUT2D eigenvalue weighted by Gasteiger charge is 2.34. The maximum absolute atomic E-state index is 12.9. The van der Waals surface area contributed by atoms with Crippen molar-refractivity contribution in [1.82, 2.24) is 10.3 Å². The van der Waals surface area contributed by atoms with Crippen molar-refractivity contribution < 1.29 is 17.6 Å². The molecule has 0 saturated carbocycles. The summed E-state index contributed by atoms with van der Waals surface area (Å²) in [5.74, 6) is 0.650. The van der Waals surface area contributed by atoms with Gasteiger partial charge in [-0.25, -0.2) is 4.98 Å². The first-order valence-corrected chi connectivity index (χ1v) is 5.88. The Morgan fingerprint density at radius 1 is 1.21 bits per heavy atom. The lowest BCUT2D eigenvalue weighted by Crippen LogP contribution is -2.40. The summed E-state index contributed by atoms with van der Waals surface area (Å²) in [5.41, 5.74) is -0.409. The summed E-state index contributed by atoms with van der Waals surface area (Å²) < 4.78 is 44.0. The molecule has 0 atom stereocenters. The van der Waals surface area contributed by atoms with Crippen LogP contribution < -0.4 is 5.32 Å². The first-order chi connectivity index (χ1) is 9.05. The number of alkyl halides is 3. The summed E-state index contributed by atoms with van der Waals surface area (Å²) in [7, 11) is 0. The minimum absolute atomic E-state index is 0.0530. The molecule has 1 aromatic carbocycles. The van der Waals surface area contributed by atoms with Gasteiger partial charge >= 0.3 is 6.18 Å². The molecule has 0 radical (unpaired) electrons. The topological polar surface area (TPSA) is 38.1 Å². The summed E-state index contributed by atoms with van der Waals surface area (Å²) in [4.78, 5) is 4.17. The minimum Gasteiger partial charge on any atom is -0.448 e. The molecule has 1 aromatic heterocycles. The maximum Gasteiger partial charge on any atom is 0.417 e. The minimum atomic E-state index is -4.40. The van der Waals surface area contributed by atoms with Crippen LogP contribution in [0.5, 0.6) is 0 Å². The van der Waals surface area contributed by atoms with Crippen molar-refractivity contribution in [2.24, 2.45) is 0 Å². The van der Waals surface area contributed by atoms with E-state index in [2.05, 4.69) is 10.3 Å². The third-order valence-corrected chi connectivity index (χ3v) is 3.16. The molecular formula is C13H11F3N2O. The summed E-state index contributed by atoms with van der Waals surface area (Å²) in [6.45, 7) is 1.50. The zero-order valence-corrected chi connectivity index (χ0v) is 9.87. The normalized spacial score (nSPS) is 16.4. The molecule has 0 bridgehead atoms. The third kappa shape index (κ3) is 2.23. The van der Waals surface area contributed by atoms with Gasteiger partial charge in [0.1, 0.15) is 12.0 Å². The van der Waals surface area contributed by atoms with Crippen LogP contribution in [0.4, 0.5) is 13.2 Å². The van der Waals surface area contributed by atoms with Crippen molar-refractivity contribution in [1.29, 1.82) is 0 Å². The monoisotopic (exact) mass is 268 g/mol. The lowest BCUT2D eigenvalue weighted by molar-refractivity contribution is -0.137. The summed E-state index contributed by atoms with van der Waals surface area (Å²) in [6.07, 6.45) is -3.11. The summed E-state index contributed by atoms with van der Waals surface area (Å²) >= 11 is 0. The van der Waals surface area contributed by atoms with Crippen LogP contribution in [0.2, 0.25) is 0 Å². The molecule has 1 fully saturated rings. The molecule has 0 unspecified atom stereocenters. The Labute approximate surface area is 107 Å².